The Morgan fingerprint density at radius 1 is 1.31 bits per heavy atom. The molecule has 13 heavy (non-hydrogen) atoms. The maximum Gasteiger partial charge on any atom is 0.142 e. The summed E-state index contributed by atoms with van der Waals surface area (Å²) in [5, 5.41) is 27.0. The summed E-state index contributed by atoms with van der Waals surface area (Å²) in [4.78, 5) is 3.84. The molecule has 1 heterocycles. The third kappa shape index (κ3) is 2.79. The van der Waals surface area contributed by atoms with Crippen molar-refractivity contribution in [2.45, 2.75) is 20.1 Å². The zero-order chi connectivity index (χ0) is 9.14. The third-order valence-electron chi connectivity index (χ3n) is 1.76. The molecule has 0 spiro atoms. The Labute approximate surface area is 106 Å². The molecule has 0 unspecified atom stereocenters. The topological polar surface area (TPSA) is 73.6 Å². The van der Waals surface area contributed by atoms with Crippen LogP contribution in [0.2, 0.25) is 0 Å². The maximum atomic E-state index is 9.38. The number of nitrogens with zero attached hydrogens (tertiary/aromatic N) is 1. The Hall–Kier alpha value is 0.130. The van der Waals surface area contributed by atoms with E-state index in [1.165, 1.54) is 6.20 Å². The van der Waals surface area contributed by atoms with Crippen LogP contribution in [0, 0.1) is 6.92 Å². The van der Waals surface area contributed by atoms with E-state index in [-0.39, 0.29) is 56.7 Å². The van der Waals surface area contributed by atoms with Gasteiger partial charge in [-0.2, -0.15) is 0 Å². The van der Waals surface area contributed by atoms with Crippen molar-refractivity contribution in [1.82, 2.24) is 4.98 Å². The first kappa shape index (κ1) is 13.1. The number of aliphatic hydroxyl groups excluding tert-OH is 2. The van der Waals surface area contributed by atoms with E-state index in [1.54, 1.807) is 6.92 Å². The van der Waals surface area contributed by atoms with Crippen molar-refractivity contribution in [2.75, 3.05) is 0 Å². The van der Waals surface area contributed by atoms with Gasteiger partial charge in [-0.1, -0.05) is 0 Å². The molecule has 0 aliphatic heterocycles. The summed E-state index contributed by atoms with van der Waals surface area (Å²) in [6.45, 7) is 1.12. The molecule has 68 valence electrons. The fourth-order valence-corrected chi connectivity index (χ4v) is 0.997. The van der Waals surface area contributed by atoms with Crippen LogP contribution < -0.4 is 0 Å². The second kappa shape index (κ2) is 5.78. The van der Waals surface area contributed by atoms with Crippen LogP contribution in [0.25, 0.3) is 0 Å². The molecule has 0 saturated carbocycles. The Kier molecular flexibility index (Phi) is 5.83. The first-order valence-corrected chi connectivity index (χ1v) is 3.58. The molecule has 1 aromatic heterocycles. The SMILES string of the molecule is Cc1ncc(CO)c(CO)c1O.[Ca]. The Bertz CT molecular complexity index is 291. The average Bonchev–Trinajstić information content (AvgIpc) is 2.09. The second-order valence-corrected chi connectivity index (χ2v) is 2.51. The van der Waals surface area contributed by atoms with Crippen molar-refractivity contribution in [1.29, 1.82) is 0 Å². The van der Waals surface area contributed by atoms with Gasteiger partial charge in [-0.05, 0) is 6.92 Å². The first-order valence-electron chi connectivity index (χ1n) is 3.58. The molecule has 0 amide bonds. The molecule has 0 aliphatic carbocycles. The van der Waals surface area contributed by atoms with Crippen LogP contribution in [0.3, 0.4) is 0 Å². The maximum absolute atomic E-state index is 9.38. The number of rotatable bonds is 2. The number of pyridine rings is 1. The van der Waals surface area contributed by atoms with Crippen molar-refractivity contribution in [3.63, 3.8) is 0 Å². The number of hydrogen-bond donors (Lipinski definition) is 3. The van der Waals surface area contributed by atoms with E-state index in [0.29, 0.717) is 16.8 Å². The van der Waals surface area contributed by atoms with E-state index in [0.717, 1.165) is 0 Å². The van der Waals surface area contributed by atoms with Gasteiger partial charge in [-0.3, -0.25) is 4.98 Å². The van der Waals surface area contributed by atoms with E-state index in [9.17, 15) is 5.11 Å². The van der Waals surface area contributed by atoms with Crippen LogP contribution in [-0.2, 0) is 13.2 Å². The van der Waals surface area contributed by atoms with Gasteiger partial charge in [0.2, 0.25) is 0 Å². The molecule has 0 aromatic carbocycles. The Morgan fingerprint density at radius 3 is 2.38 bits per heavy atom. The van der Waals surface area contributed by atoms with Gasteiger partial charge in [0, 0.05) is 55.1 Å². The molecule has 1 rings (SSSR count). The van der Waals surface area contributed by atoms with Gasteiger partial charge in [-0.25, -0.2) is 0 Å². The molecule has 0 atom stereocenters. The van der Waals surface area contributed by atoms with E-state index in [2.05, 4.69) is 4.98 Å². The van der Waals surface area contributed by atoms with Crippen molar-refractivity contribution >= 4 is 37.7 Å². The van der Waals surface area contributed by atoms with Crippen molar-refractivity contribution in [2.24, 2.45) is 0 Å². The summed E-state index contributed by atoms with van der Waals surface area (Å²) in [7, 11) is 0. The number of aryl methyl sites for hydroxylation is 1. The number of hydrogen-bond acceptors (Lipinski definition) is 4. The summed E-state index contributed by atoms with van der Waals surface area (Å²) in [6.07, 6.45) is 1.45. The van der Waals surface area contributed by atoms with Crippen LogP contribution in [0.15, 0.2) is 6.20 Å². The molecule has 0 saturated heterocycles. The molecule has 0 aliphatic rings. The Balaban J connectivity index is 0.00000144. The summed E-state index contributed by atoms with van der Waals surface area (Å²) in [5.41, 5.74) is 1.27. The normalized spacial score (nSPS) is 9.46. The summed E-state index contributed by atoms with van der Waals surface area (Å²) in [6, 6.07) is 0. The van der Waals surface area contributed by atoms with Gasteiger partial charge in [0.05, 0.1) is 18.9 Å². The van der Waals surface area contributed by atoms with E-state index < -0.39 is 0 Å². The first-order chi connectivity index (χ1) is 5.70. The van der Waals surface area contributed by atoms with Gasteiger partial charge in [-0.15, -0.1) is 0 Å². The molecule has 4 nitrogen and oxygen atoms in total. The molecule has 5 heteroatoms. The minimum atomic E-state index is -0.287. The van der Waals surface area contributed by atoms with E-state index in [1.807, 2.05) is 0 Å². The van der Waals surface area contributed by atoms with Crippen molar-refractivity contribution < 1.29 is 15.3 Å². The van der Waals surface area contributed by atoms with Gasteiger partial charge in [0.15, 0.2) is 0 Å². The Morgan fingerprint density at radius 2 is 1.92 bits per heavy atom. The van der Waals surface area contributed by atoms with Crippen molar-refractivity contribution in [3.8, 4) is 5.75 Å². The van der Waals surface area contributed by atoms with Crippen molar-refractivity contribution in [3.05, 3.63) is 23.0 Å². The van der Waals surface area contributed by atoms with Crippen LogP contribution in [0.4, 0.5) is 0 Å². The van der Waals surface area contributed by atoms with Gasteiger partial charge >= 0.3 is 0 Å². The molecular formula is C8H11CaNO3. The molecular weight excluding hydrogens is 198 g/mol. The standard InChI is InChI=1S/C8H11NO3.Ca/c1-5-8(12)7(4-11)6(3-10)2-9-5;/h2,10-12H,3-4H2,1H3;. The minimum Gasteiger partial charge on any atom is -0.506 e. The van der Waals surface area contributed by atoms with E-state index in [4.69, 9.17) is 10.2 Å². The average molecular weight is 209 g/mol. The number of aromatic hydroxyl groups is 1. The molecule has 2 radical (unpaired) electrons. The molecule has 0 bridgehead atoms. The van der Waals surface area contributed by atoms with Crippen LogP contribution in [0.5, 0.6) is 5.75 Å². The fourth-order valence-electron chi connectivity index (χ4n) is 0.997. The summed E-state index contributed by atoms with van der Waals surface area (Å²) >= 11 is 0. The fraction of sp³-hybridized carbons (Fsp3) is 0.375. The monoisotopic (exact) mass is 209 g/mol. The van der Waals surface area contributed by atoms with Crippen LogP contribution in [-0.4, -0.2) is 58.0 Å². The zero-order valence-corrected chi connectivity index (χ0v) is 9.70. The van der Waals surface area contributed by atoms with Gasteiger partial charge in [0.25, 0.3) is 0 Å². The second-order valence-electron chi connectivity index (χ2n) is 2.51. The van der Waals surface area contributed by atoms with Gasteiger partial charge in [0.1, 0.15) is 5.75 Å². The smallest absolute Gasteiger partial charge is 0.142 e. The van der Waals surface area contributed by atoms with Gasteiger partial charge < -0.3 is 15.3 Å². The number of aromatic nitrogens is 1. The van der Waals surface area contributed by atoms with Crippen LogP contribution in [0.1, 0.15) is 16.8 Å². The van der Waals surface area contributed by atoms with Crippen LogP contribution >= 0.6 is 0 Å². The number of aliphatic hydroxyl groups is 2. The molecule has 1 aromatic rings. The quantitative estimate of drug-likeness (QED) is 0.585. The third-order valence-corrected chi connectivity index (χ3v) is 1.76. The minimum absolute atomic E-state index is 0. The predicted octanol–water partition coefficient (Wildman–Crippen LogP) is -0.301. The predicted molar refractivity (Wildman–Crippen MR) is 48.2 cm³/mol. The summed E-state index contributed by atoms with van der Waals surface area (Å²) in [5.74, 6) is -0.0379. The van der Waals surface area contributed by atoms with E-state index >= 15 is 0 Å². The largest absolute Gasteiger partial charge is 0.506 e. The zero-order valence-electron chi connectivity index (χ0n) is 7.49. The summed E-state index contributed by atoms with van der Waals surface area (Å²) < 4.78 is 0. The molecule has 0 fully saturated rings. The molecule has 3 N–H and O–H groups in total.